The lowest BCUT2D eigenvalue weighted by atomic mass is 9.76. The van der Waals surface area contributed by atoms with Crippen molar-refractivity contribution in [2.24, 2.45) is 5.41 Å². The number of aliphatic carboxylic acids is 1. The molecular weight excluding hydrogens is 240 g/mol. The molecule has 0 radical (unpaired) electrons. The molecule has 1 saturated heterocycles. The number of hydrogen-bond acceptors (Lipinski definition) is 2. The van der Waals surface area contributed by atoms with Gasteiger partial charge in [0.2, 0.25) is 0 Å². The van der Waals surface area contributed by atoms with E-state index in [0.29, 0.717) is 13.0 Å². The maximum atomic E-state index is 13.6. The van der Waals surface area contributed by atoms with E-state index in [9.17, 15) is 18.7 Å². The largest absolute Gasteiger partial charge is 0.481 e. The minimum absolute atomic E-state index is 0.0848. The third-order valence-electron chi connectivity index (χ3n) is 3.47. The Bertz CT molecular complexity index is 456. The van der Waals surface area contributed by atoms with Crippen LogP contribution in [0.2, 0.25) is 0 Å². The van der Waals surface area contributed by atoms with Crippen LogP contribution in [0.3, 0.4) is 0 Å². The van der Waals surface area contributed by atoms with E-state index < -0.39 is 23.0 Å². The van der Waals surface area contributed by atoms with E-state index >= 15 is 0 Å². The molecule has 0 spiro atoms. The molecule has 98 valence electrons. The van der Waals surface area contributed by atoms with Gasteiger partial charge in [-0.1, -0.05) is 6.07 Å². The molecule has 1 aromatic carbocycles. The van der Waals surface area contributed by atoms with Gasteiger partial charge in [-0.15, -0.1) is 0 Å². The molecule has 0 aromatic heterocycles. The van der Waals surface area contributed by atoms with Crippen LogP contribution < -0.4 is 5.32 Å². The van der Waals surface area contributed by atoms with Crippen LogP contribution in [0.4, 0.5) is 8.78 Å². The fraction of sp³-hybridized carbons (Fsp3) is 0.462. The summed E-state index contributed by atoms with van der Waals surface area (Å²) in [4.78, 5) is 11.4. The van der Waals surface area contributed by atoms with Gasteiger partial charge in [0.05, 0.1) is 5.41 Å². The second-order valence-electron chi connectivity index (χ2n) is 4.78. The van der Waals surface area contributed by atoms with E-state index in [4.69, 9.17) is 0 Å². The monoisotopic (exact) mass is 255 g/mol. The van der Waals surface area contributed by atoms with Gasteiger partial charge in [0, 0.05) is 12.6 Å². The van der Waals surface area contributed by atoms with Gasteiger partial charge >= 0.3 is 5.97 Å². The second-order valence-corrected chi connectivity index (χ2v) is 4.78. The number of halogens is 2. The zero-order chi connectivity index (χ0) is 13.2. The molecule has 0 aliphatic carbocycles. The van der Waals surface area contributed by atoms with Crippen molar-refractivity contribution >= 4 is 5.97 Å². The molecule has 1 aromatic rings. The Morgan fingerprint density at radius 1 is 1.44 bits per heavy atom. The number of carbonyl (C=O) groups is 1. The molecule has 1 atom stereocenters. The van der Waals surface area contributed by atoms with Crippen LogP contribution in [0, 0.1) is 17.0 Å². The number of hydrogen-bond donors (Lipinski definition) is 2. The van der Waals surface area contributed by atoms with Gasteiger partial charge in [-0.3, -0.25) is 4.79 Å². The van der Waals surface area contributed by atoms with Gasteiger partial charge < -0.3 is 10.4 Å². The topological polar surface area (TPSA) is 49.3 Å². The van der Waals surface area contributed by atoms with Crippen molar-refractivity contribution in [2.45, 2.75) is 19.3 Å². The average molecular weight is 255 g/mol. The lowest BCUT2D eigenvalue weighted by Gasteiger charge is -2.33. The summed E-state index contributed by atoms with van der Waals surface area (Å²) in [6, 6.07) is 3.27. The van der Waals surface area contributed by atoms with Crippen LogP contribution in [0.25, 0.3) is 0 Å². The Labute approximate surface area is 104 Å². The van der Waals surface area contributed by atoms with Crippen molar-refractivity contribution < 1.29 is 18.7 Å². The minimum Gasteiger partial charge on any atom is -0.481 e. The highest BCUT2D eigenvalue weighted by Gasteiger charge is 2.40. The van der Waals surface area contributed by atoms with Crippen molar-refractivity contribution in [3.63, 3.8) is 0 Å². The number of carboxylic acids is 1. The van der Waals surface area contributed by atoms with Gasteiger partial charge in [0.15, 0.2) is 0 Å². The molecule has 1 heterocycles. The zero-order valence-corrected chi connectivity index (χ0v) is 9.88. The lowest BCUT2D eigenvalue weighted by molar-refractivity contribution is -0.150. The first-order chi connectivity index (χ1) is 8.53. The minimum atomic E-state index is -0.989. The summed E-state index contributed by atoms with van der Waals surface area (Å²) in [6.45, 7) is 1.10. The van der Waals surface area contributed by atoms with E-state index in [-0.39, 0.29) is 12.0 Å². The number of nitrogens with one attached hydrogen (secondary N) is 1. The number of piperidine rings is 1. The molecule has 5 heteroatoms. The Morgan fingerprint density at radius 3 is 2.78 bits per heavy atom. The SMILES string of the molecule is O=C(O)C1(Cc2ccc(F)cc2F)CCCNC1. The fourth-order valence-corrected chi connectivity index (χ4v) is 2.41. The highest BCUT2D eigenvalue weighted by molar-refractivity contribution is 5.75. The molecule has 3 nitrogen and oxygen atoms in total. The van der Waals surface area contributed by atoms with E-state index in [1.807, 2.05) is 0 Å². The van der Waals surface area contributed by atoms with Crippen molar-refractivity contribution in [3.8, 4) is 0 Å². The Hall–Kier alpha value is -1.49. The first-order valence-corrected chi connectivity index (χ1v) is 5.92. The molecule has 1 fully saturated rings. The van der Waals surface area contributed by atoms with E-state index in [1.165, 1.54) is 6.07 Å². The smallest absolute Gasteiger partial charge is 0.311 e. The predicted octanol–water partition coefficient (Wildman–Crippen LogP) is 1.96. The number of rotatable bonds is 3. The Morgan fingerprint density at radius 2 is 2.22 bits per heavy atom. The molecule has 2 N–H and O–H groups in total. The van der Waals surface area contributed by atoms with Gasteiger partial charge in [-0.2, -0.15) is 0 Å². The number of benzene rings is 1. The zero-order valence-electron chi connectivity index (χ0n) is 9.88. The summed E-state index contributed by atoms with van der Waals surface area (Å²) in [5.74, 6) is -2.26. The second kappa shape index (κ2) is 5.02. The first-order valence-electron chi connectivity index (χ1n) is 5.92. The van der Waals surface area contributed by atoms with Crippen molar-refractivity contribution in [2.75, 3.05) is 13.1 Å². The van der Waals surface area contributed by atoms with Crippen molar-refractivity contribution in [1.82, 2.24) is 5.32 Å². The van der Waals surface area contributed by atoms with Gasteiger partial charge in [0.25, 0.3) is 0 Å². The fourth-order valence-electron chi connectivity index (χ4n) is 2.41. The van der Waals surface area contributed by atoms with E-state index in [1.54, 1.807) is 0 Å². The van der Waals surface area contributed by atoms with Gasteiger partial charge in [-0.25, -0.2) is 8.78 Å². The van der Waals surface area contributed by atoms with Gasteiger partial charge in [0.1, 0.15) is 11.6 Å². The molecule has 1 unspecified atom stereocenters. The maximum Gasteiger partial charge on any atom is 0.311 e. The average Bonchev–Trinajstić information content (AvgIpc) is 2.34. The molecule has 1 aliphatic heterocycles. The predicted molar refractivity (Wildman–Crippen MR) is 62.2 cm³/mol. The summed E-state index contributed by atoms with van der Waals surface area (Å²) in [6.07, 6.45) is 1.34. The molecular formula is C13H15F2NO2. The third kappa shape index (κ3) is 2.51. The van der Waals surface area contributed by atoms with Crippen LogP contribution in [0.15, 0.2) is 18.2 Å². The Balaban J connectivity index is 2.26. The van der Waals surface area contributed by atoms with Gasteiger partial charge in [-0.05, 0) is 37.4 Å². The molecule has 18 heavy (non-hydrogen) atoms. The highest BCUT2D eigenvalue weighted by atomic mass is 19.1. The Kier molecular flexibility index (Phi) is 3.61. The van der Waals surface area contributed by atoms with E-state index in [2.05, 4.69) is 5.32 Å². The molecule has 1 aliphatic rings. The van der Waals surface area contributed by atoms with Crippen molar-refractivity contribution in [1.29, 1.82) is 0 Å². The normalized spacial score (nSPS) is 23.9. The maximum absolute atomic E-state index is 13.6. The van der Waals surface area contributed by atoms with Crippen molar-refractivity contribution in [3.05, 3.63) is 35.4 Å². The standard InChI is InChI=1S/C13H15F2NO2/c14-10-3-2-9(11(15)6-10)7-13(12(17)18)4-1-5-16-8-13/h2-3,6,16H,1,4-5,7-8H2,(H,17,18). The molecule has 0 bridgehead atoms. The summed E-state index contributed by atoms with van der Waals surface area (Å²) in [5.41, 5.74) is -0.737. The van der Waals surface area contributed by atoms with Crippen LogP contribution in [0.1, 0.15) is 18.4 Å². The summed E-state index contributed by atoms with van der Waals surface area (Å²) >= 11 is 0. The first kappa shape index (κ1) is 13.0. The quantitative estimate of drug-likeness (QED) is 0.868. The molecule has 2 rings (SSSR count). The van der Waals surface area contributed by atoms with Crippen LogP contribution in [-0.4, -0.2) is 24.2 Å². The summed E-state index contributed by atoms with van der Waals surface area (Å²) in [7, 11) is 0. The third-order valence-corrected chi connectivity index (χ3v) is 3.47. The summed E-state index contributed by atoms with van der Waals surface area (Å²) < 4.78 is 26.4. The van der Waals surface area contributed by atoms with E-state index in [0.717, 1.165) is 25.1 Å². The number of carboxylic acid groups (broad SMARTS) is 1. The highest BCUT2D eigenvalue weighted by Crippen LogP contribution is 2.32. The van der Waals surface area contributed by atoms with Crippen LogP contribution >= 0.6 is 0 Å². The van der Waals surface area contributed by atoms with Crippen LogP contribution in [0.5, 0.6) is 0 Å². The summed E-state index contributed by atoms with van der Waals surface area (Å²) in [5, 5.41) is 12.4. The molecule has 0 saturated carbocycles. The lowest BCUT2D eigenvalue weighted by Crippen LogP contribution is -2.47. The molecule has 0 amide bonds. The van der Waals surface area contributed by atoms with Crippen LogP contribution in [-0.2, 0) is 11.2 Å².